The molecule has 1 nitrogen and oxygen atoms in total. The molecular formula is C33H26BBr2N. The van der Waals surface area contributed by atoms with E-state index in [9.17, 15) is 0 Å². The van der Waals surface area contributed by atoms with Crippen LogP contribution in [0.1, 0.15) is 25.0 Å². The molecular weight excluding hydrogens is 581 g/mol. The molecule has 5 aromatic carbocycles. The number of hydrogen-bond donors (Lipinski definition) is 0. The summed E-state index contributed by atoms with van der Waals surface area (Å²) in [5.41, 5.74) is 10.0. The summed E-state index contributed by atoms with van der Waals surface area (Å²) in [5, 5.41) is 0. The number of hydrogen-bond acceptors (Lipinski definition) is 1. The molecule has 1 aliphatic rings. The van der Waals surface area contributed by atoms with Gasteiger partial charge in [0.25, 0.3) is 0 Å². The third-order valence-corrected chi connectivity index (χ3v) is 9.00. The van der Waals surface area contributed by atoms with Gasteiger partial charge in [0.1, 0.15) is 0 Å². The van der Waals surface area contributed by atoms with Gasteiger partial charge in [-0.1, -0.05) is 147 Å². The summed E-state index contributed by atoms with van der Waals surface area (Å²) in [6, 6.07) is 43.7. The number of fused-ring (bicyclic) bond motifs is 2. The maximum Gasteiger partial charge on any atom is 0.244 e. The summed E-state index contributed by atoms with van der Waals surface area (Å²) >= 11 is 7.63. The molecule has 180 valence electrons. The zero-order valence-corrected chi connectivity index (χ0v) is 24.0. The molecule has 5 aromatic rings. The van der Waals surface area contributed by atoms with Gasteiger partial charge in [-0.05, 0) is 47.5 Å². The lowest BCUT2D eigenvalue weighted by molar-refractivity contribution is 0.632. The summed E-state index contributed by atoms with van der Waals surface area (Å²) in [5.74, 6) is 0. The Morgan fingerprint density at radius 1 is 0.541 bits per heavy atom. The molecule has 37 heavy (non-hydrogen) atoms. The van der Waals surface area contributed by atoms with Crippen LogP contribution in [0.25, 0.3) is 0 Å². The van der Waals surface area contributed by atoms with Crippen LogP contribution in [0.5, 0.6) is 0 Å². The van der Waals surface area contributed by atoms with Gasteiger partial charge in [-0.15, -0.1) is 0 Å². The van der Waals surface area contributed by atoms with E-state index in [0.717, 1.165) is 14.6 Å². The second kappa shape index (κ2) is 9.66. The lowest BCUT2D eigenvalue weighted by atomic mass is 9.37. The molecule has 0 bridgehead atoms. The van der Waals surface area contributed by atoms with Crippen LogP contribution >= 0.6 is 31.9 Å². The van der Waals surface area contributed by atoms with Crippen molar-refractivity contribution < 1.29 is 0 Å². The van der Waals surface area contributed by atoms with Crippen molar-refractivity contribution in [3.63, 3.8) is 0 Å². The normalized spacial score (nSPS) is 13.6. The molecule has 0 aliphatic carbocycles. The molecule has 0 unspecified atom stereocenters. The smallest absolute Gasteiger partial charge is 0.244 e. The zero-order valence-electron chi connectivity index (χ0n) is 20.8. The fourth-order valence-corrected chi connectivity index (χ4v) is 6.74. The van der Waals surface area contributed by atoms with Crippen molar-refractivity contribution in [2.75, 3.05) is 4.90 Å². The van der Waals surface area contributed by atoms with E-state index in [1.165, 1.54) is 38.9 Å². The molecule has 0 N–H and O–H groups in total. The fourth-order valence-electron chi connectivity index (χ4n) is 5.71. The molecule has 0 radical (unpaired) electrons. The number of anilines is 3. The van der Waals surface area contributed by atoms with E-state index < -0.39 is 0 Å². The minimum atomic E-state index is -0.0616. The third-order valence-electron chi connectivity index (χ3n) is 7.55. The molecule has 6 rings (SSSR count). The first-order valence-corrected chi connectivity index (χ1v) is 14.1. The van der Waals surface area contributed by atoms with Gasteiger partial charge >= 0.3 is 0 Å². The van der Waals surface area contributed by atoms with E-state index in [1.54, 1.807) is 0 Å². The third kappa shape index (κ3) is 4.17. The predicted octanol–water partition coefficient (Wildman–Crippen LogP) is 7.84. The van der Waals surface area contributed by atoms with Gasteiger partial charge in [-0.3, -0.25) is 0 Å². The molecule has 4 heteroatoms. The Kier molecular flexibility index (Phi) is 6.34. The number of halogens is 2. The highest BCUT2D eigenvalue weighted by molar-refractivity contribution is 9.11. The highest BCUT2D eigenvalue weighted by Gasteiger charge is 2.36. The predicted molar refractivity (Wildman–Crippen MR) is 166 cm³/mol. The maximum absolute atomic E-state index is 3.82. The van der Waals surface area contributed by atoms with Crippen LogP contribution < -0.4 is 21.3 Å². The highest BCUT2D eigenvalue weighted by Crippen LogP contribution is 2.51. The second-order valence-electron chi connectivity index (χ2n) is 10.1. The van der Waals surface area contributed by atoms with E-state index in [4.69, 9.17) is 0 Å². The molecule has 0 fully saturated rings. The van der Waals surface area contributed by atoms with Gasteiger partial charge in [-0.2, -0.15) is 0 Å². The van der Waals surface area contributed by atoms with Crippen molar-refractivity contribution >= 4 is 72.0 Å². The molecule has 0 saturated carbocycles. The minimum Gasteiger partial charge on any atom is -0.310 e. The fraction of sp³-hybridized carbons (Fsp3) is 0.0909. The lowest BCUT2D eigenvalue weighted by Gasteiger charge is -2.42. The summed E-state index contributed by atoms with van der Waals surface area (Å²) in [6.07, 6.45) is 0. The number of para-hydroxylation sites is 2. The molecule has 0 spiro atoms. The van der Waals surface area contributed by atoms with Crippen molar-refractivity contribution in [2.45, 2.75) is 19.3 Å². The Morgan fingerprint density at radius 3 is 1.46 bits per heavy atom. The number of nitrogens with zero attached hydrogens (tertiary/aromatic N) is 1. The Morgan fingerprint density at radius 2 is 0.973 bits per heavy atom. The SMILES string of the molecule is CC1(C)c2ccccc2N(c2ccc(B(c3ccccc3Br)c3ccccc3Br)cc2)c2ccccc21. The summed E-state index contributed by atoms with van der Waals surface area (Å²) in [7, 11) is 0. The number of rotatable bonds is 4. The van der Waals surface area contributed by atoms with Gasteiger partial charge in [-0.25, -0.2) is 0 Å². The second-order valence-corrected chi connectivity index (χ2v) is 11.8. The van der Waals surface area contributed by atoms with E-state index in [-0.39, 0.29) is 12.1 Å². The monoisotopic (exact) mass is 605 g/mol. The van der Waals surface area contributed by atoms with E-state index >= 15 is 0 Å². The van der Waals surface area contributed by atoms with Crippen molar-refractivity contribution in [3.8, 4) is 0 Å². The first-order chi connectivity index (χ1) is 18.0. The summed E-state index contributed by atoms with van der Waals surface area (Å²) in [4.78, 5) is 2.41. The van der Waals surface area contributed by atoms with E-state index in [0.29, 0.717) is 0 Å². The van der Waals surface area contributed by atoms with Crippen LogP contribution in [0.2, 0.25) is 0 Å². The summed E-state index contributed by atoms with van der Waals surface area (Å²) in [6.45, 7) is 4.75. The van der Waals surface area contributed by atoms with Crippen molar-refractivity contribution in [1.82, 2.24) is 0 Å². The van der Waals surface area contributed by atoms with Crippen LogP contribution in [-0.4, -0.2) is 6.71 Å². The topological polar surface area (TPSA) is 3.24 Å². The molecule has 0 aromatic heterocycles. The maximum atomic E-state index is 3.82. The van der Waals surface area contributed by atoms with Crippen molar-refractivity contribution in [2.24, 2.45) is 0 Å². The first-order valence-electron chi connectivity index (χ1n) is 12.5. The van der Waals surface area contributed by atoms with Gasteiger partial charge in [0.2, 0.25) is 6.71 Å². The van der Waals surface area contributed by atoms with Crippen molar-refractivity contribution in [1.29, 1.82) is 0 Å². The molecule has 1 aliphatic heterocycles. The highest BCUT2D eigenvalue weighted by atomic mass is 79.9. The lowest BCUT2D eigenvalue weighted by Crippen LogP contribution is -2.53. The Balaban J connectivity index is 1.49. The van der Waals surface area contributed by atoms with Crippen LogP contribution in [0.3, 0.4) is 0 Å². The molecule has 0 atom stereocenters. The van der Waals surface area contributed by atoms with Gasteiger partial charge in [0.15, 0.2) is 0 Å². The average molecular weight is 607 g/mol. The number of benzene rings is 5. The van der Waals surface area contributed by atoms with Crippen LogP contribution in [-0.2, 0) is 5.41 Å². The largest absolute Gasteiger partial charge is 0.310 e. The van der Waals surface area contributed by atoms with Gasteiger partial charge < -0.3 is 4.90 Å². The quantitative estimate of drug-likeness (QED) is 0.188. The Labute approximate surface area is 236 Å². The average Bonchev–Trinajstić information content (AvgIpc) is 2.92. The van der Waals surface area contributed by atoms with E-state index in [1.807, 2.05) is 0 Å². The van der Waals surface area contributed by atoms with E-state index in [2.05, 4.69) is 172 Å². The van der Waals surface area contributed by atoms with Crippen molar-refractivity contribution in [3.05, 3.63) is 141 Å². The minimum absolute atomic E-state index is 0.0616. The van der Waals surface area contributed by atoms with Gasteiger partial charge in [0.05, 0.1) is 11.4 Å². The molecule has 1 heterocycles. The standard InChI is InChI=1S/C33H26BBr2N/c1-33(2)25-11-3-9-17-31(25)37(32-18-10-4-12-26(32)33)24-21-19-23(20-22-24)34(27-13-5-7-15-29(27)35)28-14-6-8-16-30(28)36/h3-22H,1-2H3. The van der Waals surface area contributed by atoms with Crippen LogP contribution in [0, 0.1) is 0 Å². The first kappa shape index (κ1) is 24.3. The summed E-state index contributed by atoms with van der Waals surface area (Å²) < 4.78 is 2.22. The molecule has 0 saturated heterocycles. The zero-order chi connectivity index (χ0) is 25.6. The van der Waals surface area contributed by atoms with Gasteiger partial charge in [0, 0.05) is 20.0 Å². The Bertz CT molecular complexity index is 1500. The van der Waals surface area contributed by atoms with Crippen LogP contribution in [0.4, 0.5) is 17.1 Å². The molecule has 0 amide bonds. The Hall–Kier alpha value is -3.08. The van der Waals surface area contributed by atoms with Crippen LogP contribution in [0.15, 0.2) is 130 Å².